The largest absolute Gasteiger partial charge is 0.444 e. The smallest absolute Gasteiger partial charge is 0.410 e. The lowest BCUT2D eigenvalue weighted by atomic mass is 9.79. The van der Waals surface area contributed by atoms with Gasteiger partial charge in [-0.05, 0) is 81.5 Å². The number of likely N-dealkylation sites (tertiary alicyclic amines) is 1. The maximum Gasteiger partial charge on any atom is 0.410 e. The first-order valence-corrected chi connectivity index (χ1v) is 15.6. The molecule has 42 heavy (non-hydrogen) atoms. The molecule has 5 rings (SSSR count). The number of carbonyl (C=O) groups excluding carboxylic acids is 2. The Morgan fingerprint density at radius 2 is 1.83 bits per heavy atom. The van der Waals surface area contributed by atoms with Crippen LogP contribution in [-0.4, -0.2) is 64.8 Å². The van der Waals surface area contributed by atoms with Crippen molar-refractivity contribution >= 4 is 22.9 Å². The van der Waals surface area contributed by atoms with Crippen molar-refractivity contribution < 1.29 is 19.1 Å². The number of hydrogen-bond donors (Lipinski definition) is 0. The number of aromatic nitrogens is 1. The van der Waals surface area contributed by atoms with Crippen LogP contribution >= 0.6 is 0 Å². The van der Waals surface area contributed by atoms with Gasteiger partial charge in [0.15, 0.2) is 0 Å². The highest BCUT2D eigenvalue weighted by atomic mass is 16.6. The number of methoxy groups -OCH3 is 1. The molecule has 2 heterocycles. The molecule has 3 aromatic rings. The van der Waals surface area contributed by atoms with E-state index in [4.69, 9.17) is 9.47 Å². The molecule has 0 N–H and O–H groups in total. The summed E-state index contributed by atoms with van der Waals surface area (Å²) in [7, 11) is 1.74. The van der Waals surface area contributed by atoms with Gasteiger partial charge in [0, 0.05) is 63.0 Å². The van der Waals surface area contributed by atoms with Crippen molar-refractivity contribution in [3.8, 4) is 0 Å². The summed E-state index contributed by atoms with van der Waals surface area (Å²) in [6.45, 7) is 10.9. The molecule has 0 spiro atoms. The third-order valence-corrected chi connectivity index (χ3v) is 8.60. The number of rotatable bonds is 10. The summed E-state index contributed by atoms with van der Waals surface area (Å²) in [6, 6.07) is 17.4. The lowest BCUT2D eigenvalue weighted by Crippen LogP contribution is -2.51. The van der Waals surface area contributed by atoms with E-state index < -0.39 is 5.60 Å². The monoisotopic (exact) mass is 573 g/mol. The molecule has 1 aliphatic heterocycles. The van der Waals surface area contributed by atoms with Crippen LogP contribution in [0, 0.1) is 5.92 Å². The Labute approximate surface area is 250 Å². The molecule has 7 nitrogen and oxygen atoms in total. The SMILES string of the molecule is CCc1cccc([C@H]2CCN(C(=O)OC(C)(C)C)C[C@@H]2C(=O)N(Cc2cn(CCCOC)c3ccccc23)C2CC2)c1. The molecule has 7 heteroatoms. The summed E-state index contributed by atoms with van der Waals surface area (Å²) < 4.78 is 13.3. The number of piperidine rings is 1. The lowest BCUT2D eigenvalue weighted by molar-refractivity contribution is -0.139. The summed E-state index contributed by atoms with van der Waals surface area (Å²) in [5.74, 6) is -0.123. The molecule has 2 amide bonds. The van der Waals surface area contributed by atoms with E-state index in [9.17, 15) is 9.59 Å². The molecule has 2 fully saturated rings. The van der Waals surface area contributed by atoms with E-state index >= 15 is 0 Å². The lowest BCUT2D eigenvalue weighted by Gasteiger charge is -2.40. The number of aryl methyl sites for hydroxylation is 2. The second-order valence-electron chi connectivity index (χ2n) is 12.9. The molecule has 2 aliphatic rings. The summed E-state index contributed by atoms with van der Waals surface area (Å²) in [4.78, 5) is 31.7. The van der Waals surface area contributed by atoms with Crippen molar-refractivity contribution in [3.05, 3.63) is 71.4 Å². The fraction of sp³-hybridized carbons (Fsp3) is 0.543. The average molecular weight is 574 g/mol. The van der Waals surface area contributed by atoms with Gasteiger partial charge in [0.05, 0.1) is 5.92 Å². The minimum atomic E-state index is -0.583. The van der Waals surface area contributed by atoms with Gasteiger partial charge < -0.3 is 23.8 Å². The van der Waals surface area contributed by atoms with E-state index in [1.165, 1.54) is 27.6 Å². The van der Waals surface area contributed by atoms with Crippen LogP contribution in [0.5, 0.6) is 0 Å². The van der Waals surface area contributed by atoms with Crippen LogP contribution in [-0.2, 0) is 33.8 Å². The Bertz CT molecular complexity index is 1390. The molecule has 0 radical (unpaired) electrons. The van der Waals surface area contributed by atoms with Gasteiger partial charge in [0.2, 0.25) is 5.91 Å². The minimum Gasteiger partial charge on any atom is -0.444 e. The minimum absolute atomic E-state index is 0.0549. The molecule has 1 aliphatic carbocycles. The fourth-order valence-corrected chi connectivity index (χ4v) is 6.32. The molecule has 2 atom stereocenters. The number of carbonyl (C=O) groups is 2. The van der Waals surface area contributed by atoms with Gasteiger partial charge in [-0.1, -0.05) is 49.4 Å². The molecule has 2 aromatic carbocycles. The number of fused-ring (bicyclic) bond motifs is 1. The predicted octanol–water partition coefficient (Wildman–Crippen LogP) is 6.77. The Hall–Kier alpha value is -3.32. The van der Waals surface area contributed by atoms with Crippen LogP contribution in [0.3, 0.4) is 0 Å². The molecule has 226 valence electrons. The van der Waals surface area contributed by atoms with Crippen molar-refractivity contribution in [2.45, 2.75) is 90.4 Å². The van der Waals surface area contributed by atoms with Crippen LogP contribution < -0.4 is 0 Å². The predicted molar refractivity (Wildman–Crippen MR) is 166 cm³/mol. The number of hydrogen-bond acceptors (Lipinski definition) is 4. The maximum absolute atomic E-state index is 14.7. The van der Waals surface area contributed by atoms with E-state index in [-0.39, 0.29) is 29.9 Å². The van der Waals surface area contributed by atoms with E-state index in [1.807, 2.05) is 20.8 Å². The van der Waals surface area contributed by atoms with Crippen LogP contribution in [0.1, 0.15) is 76.0 Å². The van der Waals surface area contributed by atoms with Gasteiger partial charge in [0.1, 0.15) is 5.60 Å². The van der Waals surface area contributed by atoms with Crippen LogP contribution in [0.4, 0.5) is 4.79 Å². The number of para-hydroxylation sites is 1. The normalized spacial score (nSPS) is 19.2. The Morgan fingerprint density at radius 3 is 2.55 bits per heavy atom. The van der Waals surface area contributed by atoms with E-state index in [0.717, 1.165) is 38.6 Å². The van der Waals surface area contributed by atoms with Gasteiger partial charge >= 0.3 is 6.09 Å². The fourth-order valence-electron chi connectivity index (χ4n) is 6.32. The Morgan fingerprint density at radius 1 is 1.05 bits per heavy atom. The van der Waals surface area contributed by atoms with Crippen LogP contribution in [0.2, 0.25) is 0 Å². The molecule has 1 saturated heterocycles. The second kappa shape index (κ2) is 12.9. The number of amides is 2. The highest BCUT2D eigenvalue weighted by Crippen LogP contribution is 2.39. The summed E-state index contributed by atoms with van der Waals surface area (Å²) in [5.41, 5.74) is 4.25. The van der Waals surface area contributed by atoms with E-state index in [0.29, 0.717) is 26.2 Å². The van der Waals surface area contributed by atoms with Gasteiger partial charge in [-0.3, -0.25) is 4.79 Å². The van der Waals surface area contributed by atoms with Gasteiger partial charge in [-0.15, -0.1) is 0 Å². The van der Waals surface area contributed by atoms with Crippen molar-refractivity contribution in [2.24, 2.45) is 5.92 Å². The standard InChI is InChI=1S/C35H47N3O4/c1-6-25-11-9-12-26(21-25)29-17-19-37(34(40)42-35(2,3)4)24-31(29)33(39)38(28-15-16-28)23-27-22-36(18-10-20-41-5)32-14-8-7-13-30(27)32/h7-9,11-14,21-22,28-29,31H,6,10,15-20,23-24H2,1-5H3/t29-,31+/m1/s1. The van der Waals surface area contributed by atoms with Gasteiger partial charge in [-0.2, -0.15) is 0 Å². The van der Waals surface area contributed by atoms with E-state index in [1.54, 1.807) is 12.0 Å². The molecular weight excluding hydrogens is 526 g/mol. The highest BCUT2D eigenvalue weighted by molar-refractivity contribution is 5.86. The second-order valence-corrected chi connectivity index (χ2v) is 12.9. The first kappa shape index (κ1) is 30.1. The van der Waals surface area contributed by atoms with Crippen molar-refractivity contribution in [1.29, 1.82) is 0 Å². The molecule has 0 bridgehead atoms. The third-order valence-electron chi connectivity index (χ3n) is 8.60. The number of nitrogens with zero attached hydrogens (tertiary/aromatic N) is 3. The van der Waals surface area contributed by atoms with Gasteiger partial charge in [0.25, 0.3) is 0 Å². The molecule has 1 aromatic heterocycles. The Balaban J connectivity index is 1.45. The average Bonchev–Trinajstić information content (AvgIpc) is 3.77. The molecule has 1 saturated carbocycles. The third kappa shape index (κ3) is 7.00. The number of ether oxygens (including phenoxy) is 2. The van der Waals surface area contributed by atoms with Crippen LogP contribution in [0.15, 0.2) is 54.7 Å². The zero-order chi connectivity index (χ0) is 29.9. The van der Waals surface area contributed by atoms with Crippen molar-refractivity contribution in [3.63, 3.8) is 0 Å². The zero-order valence-electron chi connectivity index (χ0n) is 26.0. The zero-order valence-corrected chi connectivity index (χ0v) is 26.0. The summed E-state index contributed by atoms with van der Waals surface area (Å²) >= 11 is 0. The van der Waals surface area contributed by atoms with E-state index in [2.05, 4.69) is 71.1 Å². The molecular formula is C35H47N3O4. The van der Waals surface area contributed by atoms with Crippen molar-refractivity contribution in [1.82, 2.24) is 14.4 Å². The van der Waals surface area contributed by atoms with Crippen LogP contribution in [0.25, 0.3) is 10.9 Å². The quantitative estimate of drug-likeness (QED) is 0.251. The Kier molecular flexibility index (Phi) is 9.26. The first-order chi connectivity index (χ1) is 20.2. The summed E-state index contributed by atoms with van der Waals surface area (Å²) in [5, 5.41) is 1.19. The highest BCUT2D eigenvalue weighted by Gasteiger charge is 2.43. The maximum atomic E-state index is 14.7. The van der Waals surface area contributed by atoms with Gasteiger partial charge in [-0.25, -0.2) is 4.79 Å². The topological polar surface area (TPSA) is 64.0 Å². The summed E-state index contributed by atoms with van der Waals surface area (Å²) in [6.07, 6.45) is 6.55. The van der Waals surface area contributed by atoms with Crippen molar-refractivity contribution in [2.75, 3.05) is 26.8 Å². The first-order valence-electron chi connectivity index (χ1n) is 15.6. The number of benzene rings is 2. The molecule has 0 unspecified atom stereocenters.